The molecule has 21 heavy (non-hydrogen) atoms. The maximum atomic E-state index is 13.6. The Morgan fingerprint density at radius 3 is 2.81 bits per heavy atom. The Morgan fingerprint density at radius 1 is 1.43 bits per heavy atom. The summed E-state index contributed by atoms with van der Waals surface area (Å²) in [6.07, 6.45) is 1.96. The summed E-state index contributed by atoms with van der Waals surface area (Å²) in [5.74, 6) is -1.91. The number of unbranched alkanes of at least 4 members (excludes halogenated alkanes) is 1. The molecule has 0 aliphatic rings. The van der Waals surface area contributed by atoms with Gasteiger partial charge in [0.2, 0.25) is 0 Å². The summed E-state index contributed by atoms with van der Waals surface area (Å²) in [4.78, 5) is 23.6. The van der Waals surface area contributed by atoms with Gasteiger partial charge in [0, 0.05) is 10.1 Å². The highest BCUT2D eigenvalue weighted by atomic mass is 32.1. The Labute approximate surface area is 125 Å². The van der Waals surface area contributed by atoms with E-state index in [-0.39, 0.29) is 5.82 Å². The molecule has 1 atom stereocenters. The lowest BCUT2D eigenvalue weighted by Gasteiger charge is -2.13. The first-order valence-corrected chi connectivity index (χ1v) is 7.56. The lowest BCUT2D eigenvalue weighted by Crippen LogP contribution is -2.40. The van der Waals surface area contributed by atoms with E-state index in [1.165, 1.54) is 12.1 Å². The summed E-state index contributed by atoms with van der Waals surface area (Å²) in [5, 5.41) is 12.0. The molecule has 0 saturated heterocycles. The van der Waals surface area contributed by atoms with Crippen molar-refractivity contribution in [1.82, 2.24) is 5.32 Å². The zero-order valence-electron chi connectivity index (χ0n) is 11.6. The maximum absolute atomic E-state index is 13.6. The minimum absolute atomic E-state index is 0.317. The van der Waals surface area contributed by atoms with Gasteiger partial charge in [-0.25, -0.2) is 9.18 Å². The predicted octanol–water partition coefficient (Wildman–Crippen LogP) is 3.41. The van der Waals surface area contributed by atoms with E-state index in [0.29, 0.717) is 21.4 Å². The second-order valence-corrected chi connectivity index (χ2v) is 5.85. The van der Waals surface area contributed by atoms with E-state index in [4.69, 9.17) is 5.11 Å². The second-order valence-electron chi connectivity index (χ2n) is 4.77. The van der Waals surface area contributed by atoms with Crippen LogP contribution in [0.15, 0.2) is 24.3 Å². The average Bonchev–Trinajstić information content (AvgIpc) is 2.88. The zero-order chi connectivity index (χ0) is 15.4. The highest BCUT2D eigenvalue weighted by Crippen LogP contribution is 2.27. The molecule has 0 fully saturated rings. The van der Waals surface area contributed by atoms with Gasteiger partial charge < -0.3 is 10.4 Å². The summed E-state index contributed by atoms with van der Waals surface area (Å²) >= 11 is 1.15. The van der Waals surface area contributed by atoms with Crippen LogP contribution in [0, 0.1) is 5.82 Å². The van der Waals surface area contributed by atoms with Crippen molar-refractivity contribution >= 4 is 33.3 Å². The predicted molar refractivity (Wildman–Crippen MR) is 80.2 cm³/mol. The van der Waals surface area contributed by atoms with Crippen molar-refractivity contribution < 1.29 is 19.1 Å². The van der Waals surface area contributed by atoms with Gasteiger partial charge in [-0.2, -0.15) is 0 Å². The van der Waals surface area contributed by atoms with Gasteiger partial charge in [-0.15, -0.1) is 11.3 Å². The van der Waals surface area contributed by atoms with E-state index in [9.17, 15) is 14.0 Å². The molecule has 1 aromatic carbocycles. The Morgan fingerprint density at radius 2 is 2.19 bits per heavy atom. The molecular formula is C15H16FNO3S. The van der Waals surface area contributed by atoms with Gasteiger partial charge in [0.25, 0.3) is 5.91 Å². The van der Waals surface area contributed by atoms with Gasteiger partial charge in [-0.05, 0) is 24.6 Å². The standard InChI is InChI=1S/C15H16FNO3S/c1-2-3-6-11(15(19)20)17-14(18)13-8-9-10(16)5-4-7-12(9)21-13/h4-5,7-8,11H,2-3,6H2,1H3,(H,17,18)(H,19,20). The molecule has 2 aromatic rings. The molecule has 112 valence electrons. The minimum atomic E-state index is -1.05. The van der Waals surface area contributed by atoms with E-state index in [1.54, 1.807) is 12.1 Å². The smallest absolute Gasteiger partial charge is 0.326 e. The summed E-state index contributed by atoms with van der Waals surface area (Å²) in [7, 11) is 0. The van der Waals surface area contributed by atoms with Crippen LogP contribution in [0.4, 0.5) is 4.39 Å². The number of aliphatic carboxylic acids is 1. The van der Waals surface area contributed by atoms with Crippen molar-refractivity contribution in [2.24, 2.45) is 0 Å². The molecule has 0 radical (unpaired) electrons. The highest BCUT2D eigenvalue weighted by Gasteiger charge is 2.21. The van der Waals surface area contributed by atoms with Crippen molar-refractivity contribution in [2.75, 3.05) is 0 Å². The van der Waals surface area contributed by atoms with Gasteiger partial charge in [-0.3, -0.25) is 4.79 Å². The molecule has 2 rings (SSSR count). The number of carbonyl (C=O) groups excluding carboxylic acids is 1. The number of carboxylic acids is 1. The van der Waals surface area contributed by atoms with Crippen LogP contribution in [0.1, 0.15) is 35.9 Å². The number of carbonyl (C=O) groups is 2. The summed E-state index contributed by atoms with van der Waals surface area (Å²) in [6.45, 7) is 1.95. The molecule has 1 aromatic heterocycles. The number of nitrogens with one attached hydrogen (secondary N) is 1. The molecule has 0 saturated carbocycles. The lowest BCUT2D eigenvalue weighted by molar-refractivity contribution is -0.139. The number of hydrogen-bond acceptors (Lipinski definition) is 3. The molecule has 0 spiro atoms. The van der Waals surface area contributed by atoms with Crippen molar-refractivity contribution in [1.29, 1.82) is 0 Å². The second kappa shape index (κ2) is 6.67. The molecule has 1 unspecified atom stereocenters. The number of halogens is 1. The molecule has 0 bridgehead atoms. The van der Waals surface area contributed by atoms with Crippen LogP contribution in [0.3, 0.4) is 0 Å². The molecule has 1 amide bonds. The van der Waals surface area contributed by atoms with Crippen LogP contribution in [0.5, 0.6) is 0 Å². The maximum Gasteiger partial charge on any atom is 0.326 e. The summed E-state index contributed by atoms with van der Waals surface area (Å²) in [5.41, 5.74) is 0. The fourth-order valence-electron chi connectivity index (χ4n) is 2.03. The Bertz CT molecular complexity index is 668. The SMILES string of the molecule is CCCCC(NC(=O)c1cc2c(F)cccc2s1)C(=O)O. The Hall–Kier alpha value is -1.95. The molecule has 2 N–H and O–H groups in total. The average molecular weight is 309 g/mol. The fourth-order valence-corrected chi connectivity index (χ4v) is 3.01. The van der Waals surface area contributed by atoms with Crippen molar-refractivity contribution in [3.63, 3.8) is 0 Å². The number of thiophene rings is 1. The van der Waals surface area contributed by atoms with Crippen LogP contribution in [0.2, 0.25) is 0 Å². The zero-order valence-corrected chi connectivity index (χ0v) is 12.4. The molecule has 1 heterocycles. The molecular weight excluding hydrogens is 293 g/mol. The monoisotopic (exact) mass is 309 g/mol. The third-order valence-corrected chi connectivity index (χ3v) is 4.28. The number of rotatable bonds is 6. The van der Waals surface area contributed by atoms with Crippen LogP contribution in [0.25, 0.3) is 10.1 Å². The number of fused-ring (bicyclic) bond motifs is 1. The normalized spacial score (nSPS) is 12.3. The van der Waals surface area contributed by atoms with Gasteiger partial charge in [0.05, 0.1) is 4.88 Å². The van der Waals surface area contributed by atoms with E-state index in [1.807, 2.05) is 6.92 Å². The van der Waals surface area contributed by atoms with Crippen molar-refractivity contribution in [3.05, 3.63) is 35.0 Å². The molecule has 0 aliphatic heterocycles. The summed E-state index contributed by atoms with van der Waals surface area (Å²) < 4.78 is 14.3. The fraction of sp³-hybridized carbons (Fsp3) is 0.333. The minimum Gasteiger partial charge on any atom is -0.480 e. The van der Waals surface area contributed by atoms with Crippen molar-refractivity contribution in [2.45, 2.75) is 32.2 Å². The highest BCUT2D eigenvalue weighted by molar-refractivity contribution is 7.20. The first kappa shape index (κ1) is 15.4. The molecule has 0 aliphatic carbocycles. The van der Waals surface area contributed by atoms with E-state index < -0.39 is 17.9 Å². The topological polar surface area (TPSA) is 66.4 Å². The first-order chi connectivity index (χ1) is 10.0. The number of carboxylic acid groups (broad SMARTS) is 1. The largest absolute Gasteiger partial charge is 0.480 e. The molecule has 6 heteroatoms. The first-order valence-electron chi connectivity index (χ1n) is 6.74. The van der Waals surface area contributed by atoms with Crippen LogP contribution in [-0.2, 0) is 4.79 Å². The van der Waals surface area contributed by atoms with Gasteiger partial charge in [0.1, 0.15) is 11.9 Å². The Balaban J connectivity index is 2.17. The van der Waals surface area contributed by atoms with Crippen molar-refractivity contribution in [3.8, 4) is 0 Å². The lowest BCUT2D eigenvalue weighted by atomic mass is 10.1. The Kier molecular flexibility index (Phi) is 4.90. The third kappa shape index (κ3) is 3.58. The third-order valence-electron chi connectivity index (χ3n) is 3.18. The number of hydrogen-bond donors (Lipinski definition) is 2. The van der Waals surface area contributed by atoms with Crippen LogP contribution < -0.4 is 5.32 Å². The van der Waals surface area contributed by atoms with E-state index in [2.05, 4.69) is 5.32 Å². The van der Waals surface area contributed by atoms with Gasteiger partial charge in [-0.1, -0.05) is 25.8 Å². The number of benzene rings is 1. The van der Waals surface area contributed by atoms with Gasteiger partial charge in [0.15, 0.2) is 0 Å². The van der Waals surface area contributed by atoms with Gasteiger partial charge >= 0.3 is 5.97 Å². The van der Waals surface area contributed by atoms with Crippen LogP contribution >= 0.6 is 11.3 Å². The summed E-state index contributed by atoms with van der Waals surface area (Å²) in [6, 6.07) is 5.19. The van der Waals surface area contributed by atoms with Crippen LogP contribution in [-0.4, -0.2) is 23.0 Å². The number of amides is 1. The quantitative estimate of drug-likeness (QED) is 0.859. The van der Waals surface area contributed by atoms with E-state index in [0.717, 1.165) is 24.2 Å². The van der Waals surface area contributed by atoms with E-state index >= 15 is 0 Å². The molecule has 4 nitrogen and oxygen atoms in total.